The molecule has 3 atom stereocenters. The highest BCUT2D eigenvalue weighted by Gasteiger charge is 2.42. The van der Waals surface area contributed by atoms with Gasteiger partial charge in [0.15, 0.2) is 11.6 Å². The Hall–Kier alpha value is -3.64. The molecule has 13 heteroatoms. The van der Waals surface area contributed by atoms with Crippen LogP contribution in [0.2, 0.25) is 0 Å². The zero-order chi connectivity index (χ0) is 33.0. The normalized spacial score (nSPS) is 22.0. The number of aromatic nitrogens is 4. The van der Waals surface area contributed by atoms with Crippen LogP contribution < -0.4 is 19.9 Å². The predicted octanol–water partition coefficient (Wildman–Crippen LogP) is 4.71. The standard InChI is InChI=1S/C33H52N8O5/c1-21(2)29-37-31(46-38-29)39-15-11-24(12-16-39)22(3)13-17-44-27-18-34-30(35-23(27)4)40-19-25(36-32(43)45-33(5,6)7)26(20-40)41-14-9-8-10-28(41)42/h18,21-22,24-26H,8-17,19-20H2,1-7H3,(H,36,43)/t22-,25+,26-/m1/s1. The first-order valence-corrected chi connectivity index (χ1v) is 17.0. The van der Waals surface area contributed by atoms with Crippen molar-refractivity contribution >= 4 is 24.0 Å². The van der Waals surface area contributed by atoms with Crippen LogP contribution in [0.1, 0.15) is 97.5 Å². The Balaban J connectivity index is 1.13. The third kappa shape index (κ3) is 8.38. The molecule has 2 aromatic rings. The molecule has 0 unspecified atom stereocenters. The first-order valence-electron chi connectivity index (χ1n) is 17.0. The second-order valence-corrected chi connectivity index (χ2v) is 14.4. The summed E-state index contributed by atoms with van der Waals surface area (Å²) < 4.78 is 17.2. The molecule has 1 N–H and O–H groups in total. The minimum atomic E-state index is -0.613. The number of nitrogens with one attached hydrogen (secondary N) is 1. The Morgan fingerprint density at radius 1 is 1.09 bits per heavy atom. The van der Waals surface area contributed by atoms with Crippen molar-refractivity contribution in [2.24, 2.45) is 11.8 Å². The average molecular weight is 641 g/mol. The van der Waals surface area contributed by atoms with E-state index in [-0.39, 0.29) is 23.9 Å². The molecule has 0 spiro atoms. The quantitative estimate of drug-likeness (QED) is 0.386. The van der Waals surface area contributed by atoms with Crippen LogP contribution in [-0.4, -0.2) is 94.0 Å². The van der Waals surface area contributed by atoms with Crippen LogP contribution in [-0.2, 0) is 9.53 Å². The van der Waals surface area contributed by atoms with E-state index < -0.39 is 11.7 Å². The average Bonchev–Trinajstić information content (AvgIpc) is 3.66. The van der Waals surface area contributed by atoms with E-state index in [0.29, 0.717) is 62.2 Å². The van der Waals surface area contributed by atoms with E-state index in [2.05, 4.69) is 46.1 Å². The molecule has 254 valence electrons. The summed E-state index contributed by atoms with van der Waals surface area (Å²) in [6, 6.07) is 0.156. The fourth-order valence-electron chi connectivity index (χ4n) is 6.62. The van der Waals surface area contributed by atoms with Gasteiger partial charge in [-0.25, -0.2) is 14.8 Å². The summed E-state index contributed by atoms with van der Waals surface area (Å²) in [6.45, 7) is 18.0. The van der Waals surface area contributed by atoms with E-state index in [4.69, 9.17) is 19.0 Å². The molecular formula is C33H52N8O5. The first kappa shape index (κ1) is 33.7. The fourth-order valence-corrected chi connectivity index (χ4v) is 6.62. The van der Waals surface area contributed by atoms with Gasteiger partial charge in [0.1, 0.15) is 5.60 Å². The molecule has 5 heterocycles. The summed E-state index contributed by atoms with van der Waals surface area (Å²) in [7, 11) is 0. The lowest BCUT2D eigenvalue weighted by molar-refractivity contribution is -0.135. The van der Waals surface area contributed by atoms with Crippen molar-refractivity contribution in [3.8, 4) is 5.75 Å². The number of carbonyl (C=O) groups excluding carboxylic acids is 2. The third-order valence-electron chi connectivity index (χ3n) is 9.35. The van der Waals surface area contributed by atoms with E-state index in [1.165, 1.54) is 0 Å². The van der Waals surface area contributed by atoms with E-state index in [1.54, 1.807) is 6.20 Å². The highest BCUT2D eigenvalue weighted by atomic mass is 16.6. The Morgan fingerprint density at radius 3 is 2.50 bits per heavy atom. The Labute approximate surface area is 272 Å². The Bertz CT molecular complexity index is 1340. The Morgan fingerprint density at radius 2 is 1.85 bits per heavy atom. The summed E-state index contributed by atoms with van der Waals surface area (Å²) in [5, 5.41) is 7.13. The number of anilines is 2. The van der Waals surface area contributed by atoms with Gasteiger partial charge < -0.3 is 34.0 Å². The molecule has 13 nitrogen and oxygen atoms in total. The molecule has 0 aromatic carbocycles. The number of alkyl carbamates (subject to hydrolysis) is 1. The summed E-state index contributed by atoms with van der Waals surface area (Å²) >= 11 is 0. The van der Waals surface area contributed by atoms with Gasteiger partial charge in [-0.05, 0) is 71.6 Å². The number of aryl methyl sites for hydroxylation is 1. The lowest BCUT2D eigenvalue weighted by Gasteiger charge is -2.35. The summed E-state index contributed by atoms with van der Waals surface area (Å²) in [5.74, 6) is 3.51. The predicted molar refractivity (Wildman–Crippen MR) is 174 cm³/mol. The number of hydrogen-bond donors (Lipinski definition) is 1. The first-order chi connectivity index (χ1) is 21.9. The number of piperidine rings is 2. The van der Waals surface area contributed by atoms with E-state index >= 15 is 0 Å². The number of ether oxygens (including phenoxy) is 2. The van der Waals surface area contributed by atoms with Gasteiger partial charge >= 0.3 is 12.1 Å². The molecule has 3 aliphatic heterocycles. The van der Waals surface area contributed by atoms with E-state index in [1.807, 2.05) is 37.5 Å². The summed E-state index contributed by atoms with van der Waals surface area (Å²) in [5.41, 5.74) is 0.151. The molecule has 3 aliphatic rings. The lowest BCUT2D eigenvalue weighted by atomic mass is 9.84. The number of amides is 2. The Kier molecular flexibility index (Phi) is 10.6. The molecule has 3 fully saturated rings. The molecule has 46 heavy (non-hydrogen) atoms. The number of likely N-dealkylation sites (tertiary alicyclic amines) is 1. The van der Waals surface area contributed by atoms with Crippen LogP contribution in [0.15, 0.2) is 10.7 Å². The van der Waals surface area contributed by atoms with Crippen LogP contribution in [0.5, 0.6) is 5.75 Å². The van der Waals surface area contributed by atoms with Gasteiger partial charge in [-0.15, -0.1) is 0 Å². The van der Waals surface area contributed by atoms with Gasteiger partial charge in [0.25, 0.3) is 0 Å². The maximum absolute atomic E-state index is 12.8. The summed E-state index contributed by atoms with van der Waals surface area (Å²) in [6.07, 6.45) is 6.77. The highest BCUT2D eigenvalue weighted by Crippen LogP contribution is 2.31. The zero-order valence-electron chi connectivity index (χ0n) is 28.6. The SMILES string of the molecule is Cc1nc(N2C[C@H](NC(=O)OC(C)(C)C)[C@H](N3CCCCC3=O)C2)ncc1OCC[C@@H](C)C1CCN(c2nc(C(C)C)no2)CC1. The molecule has 0 saturated carbocycles. The molecule has 5 rings (SSSR count). The van der Waals surface area contributed by atoms with Crippen LogP contribution in [0.25, 0.3) is 0 Å². The van der Waals surface area contributed by atoms with Crippen LogP contribution in [0.4, 0.5) is 16.8 Å². The monoisotopic (exact) mass is 640 g/mol. The van der Waals surface area contributed by atoms with Crippen LogP contribution in [0.3, 0.4) is 0 Å². The smallest absolute Gasteiger partial charge is 0.408 e. The maximum atomic E-state index is 12.8. The second-order valence-electron chi connectivity index (χ2n) is 14.4. The summed E-state index contributed by atoms with van der Waals surface area (Å²) in [4.78, 5) is 45.7. The second kappa shape index (κ2) is 14.4. The molecule has 0 aliphatic carbocycles. The van der Waals surface area contributed by atoms with Gasteiger partial charge in [-0.3, -0.25) is 4.79 Å². The molecule has 0 bridgehead atoms. The van der Waals surface area contributed by atoms with Crippen molar-refractivity contribution in [2.45, 2.75) is 111 Å². The van der Waals surface area contributed by atoms with Crippen molar-refractivity contribution in [2.75, 3.05) is 49.1 Å². The third-order valence-corrected chi connectivity index (χ3v) is 9.35. The van der Waals surface area contributed by atoms with Gasteiger partial charge in [-0.2, -0.15) is 4.98 Å². The van der Waals surface area contributed by atoms with Gasteiger partial charge in [-0.1, -0.05) is 25.9 Å². The van der Waals surface area contributed by atoms with Gasteiger partial charge in [0.2, 0.25) is 11.9 Å². The van der Waals surface area contributed by atoms with Gasteiger partial charge in [0.05, 0.1) is 30.6 Å². The van der Waals surface area contributed by atoms with Crippen molar-refractivity contribution in [1.29, 1.82) is 0 Å². The lowest BCUT2D eigenvalue weighted by Crippen LogP contribution is -2.54. The molecule has 0 radical (unpaired) electrons. The van der Waals surface area contributed by atoms with E-state index in [9.17, 15) is 9.59 Å². The molecule has 2 amide bonds. The largest absolute Gasteiger partial charge is 0.490 e. The fraction of sp³-hybridized carbons (Fsp3) is 0.758. The highest BCUT2D eigenvalue weighted by molar-refractivity contribution is 5.78. The van der Waals surface area contributed by atoms with Crippen molar-refractivity contribution in [3.63, 3.8) is 0 Å². The minimum Gasteiger partial charge on any atom is -0.490 e. The van der Waals surface area contributed by atoms with Crippen molar-refractivity contribution in [3.05, 3.63) is 17.7 Å². The van der Waals surface area contributed by atoms with Crippen molar-refractivity contribution < 1.29 is 23.6 Å². The topological polar surface area (TPSA) is 139 Å². The maximum Gasteiger partial charge on any atom is 0.408 e. The van der Waals surface area contributed by atoms with Crippen molar-refractivity contribution in [1.82, 2.24) is 30.3 Å². The number of hydrogen-bond acceptors (Lipinski definition) is 11. The number of rotatable bonds is 10. The van der Waals surface area contributed by atoms with E-state index in [0.717, 1.165) is 56.7 Å². The zero-order valence-corrected chi connectivity index (χ0v) is 28.6. The molecule has 2 aromatic heterocycles. The minimum absolute atomic E-state index is 0.127. The van der Waals surface area contributed by atoms with Gasteiger partial charge in [0, 0.05) is 45.1 Å². The number of nitrogens with zero attached hydrogens (tertiary/aromatic N) is 7. The molecular weight excluding hydrogens is 588 g/mol. The van der Waals surface area contributed by atoms with Crippen LogP contribution >= 0.6 is 0 Å². The number of carbonyl (C=O) groups is 2. The van der Waals surface area contributed by atoms with Crippen LogP contribution in [0, 0.1) is 18.8 Å². The molecule has 3 saturated heterocycles.